The van der Waals surface area contributed by atoms with E-state index in [9.17, 15) is 9.90 Å². The minimum absolute atomic E-state index is 0.319. The van der Waals surface area contributed by atoms with E-state index in [0.29, 0.717) is 5.75 Å². The van der Waals surface area contributed by atoms with E-state index in [1.807, 2.05) is 6.07 Å². The second kappa shape index (κ2) is 4.95. The summed E-state index contributed by atoms with van der Waals surface area (Å²) in [4.78, 5) is 14.7. The first-order chi connectivity index (χ1) is 9.72. The second-order valence-corrected chi connectivity index (χ2v) is 5.73. The Morgan fingerprint density at radius 2 is 1.95 bits per heavy atom. The standard InChI is InChI=1S/C16H19NO3/c1-20-14-9-13(16(17-10-18)7-4-8-16)15(19)12-6-3-2-5-11(12)14/h9,19H,2-8H2,1H3. The molecule has 3 rings (SSSR count). The molecule has 1 fully saturated rings. The van der Waals surface area contributed by atoms with Crippen molar-refractivity contribution in [2.24, 2.45) is 4.99 Å². The summed E-state index contributed by atoms with van der Waals surface area (Å²) >= 11 is 0. The highest BCUT2D eigenvalue weighted by atomic mass is 16.5. The number of ether oxygens (including phenoxy) is 1. The SMILES string of the molecule is COc1cc(C2(N=C=O)CCC2)c(O)c2c1CCCC2. The summed E-state index contributed by atoms with van der Waals surface area (Å²) < 4.78 is 5.50. The van der Waals surface area contributed by atoms with E-state index in [2.05, 4.69) is 4.99 Å². The van der Waals surface area contributed by atoms with Gasteiger partial charge in [-0.05, 0) is 51.0 Å². The molecule has 20 heavy (non-hydrogen) atoms. The van der Waals surface area contributed by atoms with Gasteiger partial charge in [0.25, 0.3) is 0 Å². The number of phenols is 1. The lowest BCUT2D eigenvalue weighted by Crippen LogP contribution is -2.32. The van der Waals surface area contributed by atoms with Crippen molar-refractivity contribution in [3.8, 4) is 11.5 Å². The van der Waals surface area contributed by atoms with Crippen molar-refractivity contribution in [3.63, 3.8) is 0 Å². The number of aromatic hydroxyl groups is 1. The van der Waals surface area contributed by atoms with Crippen LogP contribution in [0, 0.1) is 0 Å². The van der Waals surface area contributed by atoms with E-state index >= 15 is 0 Å². The zero-order chi connectivity index (χ0) is 14.2. The van der Waals surface area contributed by atoms with E-state index in [1.54, 1.807) is 13.2 Å². The van der Waals surface area contributed by atoms with Crippen molar-refractivity contribution in [2.45, 2.75) is 50.5 Å². The molecule has 0 unspecified atom stereocenters. The maximum atomic E-state index is 10.7. The number of fused-ring (bicyclic) bond motifs is 1. The maximum absolute atomic E-state index is 10.7. The molecule has 1 N–H and O–H groups in total. The average molecular weight is 273 g/mol. The fourth-order valence-corrected chi connectivity index (χ4v) is 3.46. The van der Waals surface area contributed by atoms with E-state index in [1.165, 1.54) is 0 Å². The second-order valence-electron chi connectivity index (χ2n) is 5.73. The fourth-order valence-electron chi connectivity index (χ4n) is 3.46. The number of hydrogen-bond donors (Lipinski definition) is 1. The Balaban J connectivity index is 2.19. The Bertz CT molecular complexity index is 584. The highest BCUT2D eigenvalue weighted by Gasteiger charge is 2.42. The minimum Gasteiger partial charge on any atom is -0.507 e. The molecule has 1 aromatic rings. The number of benzene rings is 1. The number of isocyanates is 1. The van der Waals surface area contributed by atoms with Gasteiger partial charge in [0, 0.05) is 16.7 Å². The Labute approximate surface area is 118 Å². The van der Waals surface area contributed by atoms with Crippen LogP contribution < -0.4 is 4.74 Å². The smallest absolute Gasteiger partial charge is 0.235 e. The van der Waals surface area contributed by atoms with Crippen LogP contribution in [0.25, 0.3) is 0 Å². The highest BCUT2D eigenvalue weighted by molar-refractivity contribution is 5.57. The largest absolute Gasteiger partial charge is 0.507 e. The van der Waals surface area contributed by atoms with Gasteiger partial charge in [-0.2, -0.15) is 4.99 Å². The molecule has 4 heteroatoms. The number of nitrogens with zero attached hydrogens (tertiary/aromatic N) is 1. The van der Waals surface area contributed by atoms with Crippen molar-refractivity contribution < 1.29 is 14.6 Å². The molecular weight excluding hydrogens is 254 g/mol. The summed E-state index contributed by atoms with van der Waals surface area (Å²) in [6.45, 7) is 0. The van der Waals surface area contributed by atoms with Crippen LogP contribution in [0.1, 0.15) is 48.8 Å². The van der Waals surface area contributed by atoms with Gasteiger partial charge in [0.1, 0.15) is 17.0 Å². The number of aliphatic imine (C=N–C) groups is 1. The molecule has 1 saturated carbocycles. The molecule has 0 aliphatic heterocycles. The maximum Gasteiger partial charge on any atom is 0.235 e. The van der Waals surface area contributed by atoms with E-state index in [0.717, 1.165) is 67.4 Å². The lowest BCUT2D eigenvalue weighted by molar-refractivity contribution is 0.245. The van der Waals surface area contributed by atoms with Crippen LogP contribution in [-0.2, 0) is 23.2 Å². The van der Waals surface area contributed by atoms with Crippen molar-refractivity contribution in [1.29, 1.82) is 0 Å². The van der Waals surface area contributed by atoms with Crippen LogP contribution in [-0.4, -0.2) is 18.3 Å². The molecule has 2 aliphatic rings. The number of methoxy groups -OCH3 is 1. The first-order valence-electron chi connectivity index (χ1n) is 7.23. The third kappa shape index (κ3) is 1.83. The quantitative estimate of drug-likeness (QED) is 0.680. The summed E-state index contributed by atoms with van der Waals surface area (Å²) in [5, 5.41) is 10.6. The monoisotopic (exact) mass is 273 g/mol. The number of carbonyl (C=O) groups excluding carboxylic acids is 1. The molecular formula is C16H19NO3. The highest BCUT2D eigenvalue weighted by Crippen LogP contribution is 2.51. The number of hydrogen-bond acceptors (Lipinski definition) is 4. The van der Waals surface area contributed by atoms with Crippen LogP contribution in [0.15, 0.2) is 11.1 Å². The topological polar surface area (TPSA) is 58.9 Å². The molecule has 4 nitrogen and oxygen atoms in total. The molecule has 2 aliphatic carbocycles. The lowest BCUT2D eigenvalue weighted by atomic mass is 9.70. The van der Waals surface area contributed by atoms with Crippen LogP contribution in [0.5, 0.6) is 11.5 Å². The van der Waals surface area contributed by atoms with E-state index < -0.39 is 5.54 Å². The third-order valence-corrected chi connectivity index (χ3v) is 4.74. The molecule has 1 aromatic carbocycles. The summed E-state index contributed by atoms with van der Waals surface area (Å²) in [7, 11) is 1.65. The molecule has 106 valence electrons. The van der Waals surface area contributed by atoms with Crippen molar-refractivity contribution in [2.75, 3.05) is 7.11 Å². The van der Waals surface area contributed by atoms with Crippen molar-refractivity contribution in [1.82, 2.24) is 0 Å². The van der Waals surface area contributed by atoms with Gasteiger partial charge in [-0.25, -0.2) is 4.79 Å². The molecule has 0 heterocycles. The lowest BCUT2D eigenvalue weighted by Gasteiger charge is -2.38. The van der Waals surface area contributed by atoms with Crippen molar-refractivity contribution in [3.05, 3.63) is 22.8 Å². The third-order valence-electron chi connectivity index (χ3n) is 4.74. The molecule has 0 atom stereocenters. The van der Waals surface area contributed by atoms with Crippen LogP contribution >= 0.6 is 0 Å². The number of phenolic OH excluding ortho intramolecular Hbond substituents is 1. The van der Waals surface area contributed by atoms with Gasteiger partial charge >= 0.3 is 0 Å². The molecule has 0 aromatic heterocycles. The van der Waals surface area contributed by atoms with E-state index in [-0.39, 0.29) is 0 Å². The Kier molecular flexibility index (Phi) is 3.27. The summed E-state index contributed by atoms with van der Waals surface area (Å²) in [6, 6.07) is 1.87. The average Bonchev–Trinajstić information content (AvgIpc) is 2.44. The fraction of sp³-hybridized carbons (Fsp3) is 0.562. The van der Waals surface area contributed by atoms with Gasteiger partial charge in [0.15, 0.2) is 0 Å². The normalized spacial score (nSPS) is 19.4. The van der Waals surface area contributed by atoms with Gasteiger partial charge in [-0.15, -0.1) is 0 Å². The Hall–Kier alpha value is -1.80. The zero-order valence-electron chi connectivity index (χ0n) is 11.7. The molecule has 0 amide bonds. The molecule has 0 spiro atoms. The molecule has 0 bridgehead atoms. The predicted molar refractivity (Wildman–Crippen MR) is 75.0 cm³/mol. The summed E-state index contributed by atoms with van der Waals surface area (Å²) in [5.41, 5.74) is 2.26. The first kappa shape index (κ1) is 13.2. The number of rotatable bonds is 3. The van der Waals surface area contributed by atoms with Gasteiger partial charge in [0.2, 0.25) is 6.08 Å². The minimum atomic E-state index is -0.578. The summed E-state index contributed by atoms with van der Waals surface area (Å²) in [6.07, 6.45) is 8.29. The molecule has 0 saturated heterocycles. The van der Waals surface area contributed by atoms with Gasteiger partial charge < -0.3 is 9.84 Å². The van der Waals surface area contributed by atoms with Crippen LogP contribution in [0.2, 0.25) is 0 Å². The van der Waals surface area contributed by atoms with Gasteiger partial charge in [-0.3, -0.25) is 0 Å². The molecule has 0 radical (unpaired) electrons. The van der Waals surface area contributed by atoms with Gasteiger partial charge in [-0.1, -0.05) is 0 Å². The van der Waals surface area contributed by atoms with E-state index in [4.69, 9.17) is 4.74 Å². The predicted octanol–water partition coefficient (Wildman–Crippen LogP) is 2.99. The Morgan fingerprint density at radius 1 is 1.25 bits per heavy atom. The summed E-state index contributed by atoms with van der Waals surface area (Å²) in [5.74, 6) is 1.14. The Morgan fingerprint density at radius 3 is 2.50 bits per heavy atom. The van der Waals surface area contributed by atoms with Gasteiger partial charge in [0.05, 0.1) is 7.11 Å². The van der Waals surface area contributed by atoms with Crippen molar-refractivity contribution >= 4 is 6.08 Å². The first-order valence-corrected chi connectivity index (χ1v) is 7.23. The zero-order valence-corrected chi connectivity index (χ0v) is 11.7. The van der Waals surface area contributed by atoms with Crippen LogP contribution in [0.3, 0.4) is 0 Å². The van der Waals surface area contributed by atoms with Crippen LogP contribution in [0.4, 0.5) is 0 Å².